The number of rotatable bonds is 5. The van der Waals surface area contributed by atoms with Gasteiger partial charge in [-0.05, 0) is 80.1 Å². The number of Topliss-reactive ketones (excluding diaryl/α,β-unsaturated/α-hetero) is 1. The zero-order valence-electron chi connectivity index (χ0n) is 18.7. The van der Waals surface area contributed by atoms with Crippen LogP contribution in [0.2, 0.25) is 0 Å². The lowest BCUT2D eigenvalue weighted by Gasteiger charge is -2.26. The number of anilines is 1. The molecule has 0 saturated carbocycles. The summed E-state index contributed by atoms with van der Waals surface area (Å²) in [6, 6.07) is 7.57. The Kier molecular flexibility index (Phi) is 5.94. The second-order valence-corrected chi connectivity index (χ2v) is 10.5. The summed E-state index contributed by atoms with van der Waals surface area (Å²) in [4.78, 5) is 14.8. The first-order valence-corrected chi connectivity index (χ1v) is 12.2. The van der Waals surface area contributed by atoms with Crippen LogP contribution in [0.15, 0.2) is 29.2 Å². The Morgan fingerprint density at radius 1 is 1.03 bits per heavy atom. The summed E-state index contributed by atoms with van der Waals surface area (Å²) >= 11 is 0. The molecule has 2 aromatic rings. The number of morpholine rings is 1. The van der Waals surface area contributed by atoms with E-state index in [1.807, 2.05) is 26.0 Å². The Balaban J connectivity index is 1.62. The Morgan fingerprint density at radius 2 is 1.74 bits per heavy atom. The molecule has 0 amide bonds. The Bertz CT molecular complexity index is 1130. The molecule has 1 saturated heterocycles. The molecule has 0 N–H and O–H groups in total. The molecule has 2 heterocycles. The molecule has 4 rings (SSSR count). The van der Waals surface area contributed by atoms with Gasteiger partial charge in [-0.15, -0.1) is 0 Å². The molecule has 0 radical (unpaired) electrons. The van der Waals surface area contributed by atoms with Gasteiger partial charge in [-0.25, -0.2) is 8.42 Å². The summed E-state index contributed by atoms with van der Waals surface area (Å²) in [5.74, 6) is 0.0935. The van der Waals surface area contributed by atoms with Crippen LogP contribution in [0.4, 0.5) is 5.69 Å². The lowest BCUT2D eigenvalue weighted by Crippen LogP contribution is -2.40. The summed E-state index contributed by atoms with van der Waals surface area (Å²) < 4.78 is 32.8. The summed E-state index contributed by atoms with van der Waals surface area (Å²) in [5, 5.41) is 0. The predicted octanol–water partition coefficient (Wildman–Crippen LogP) is 3.40. The van der Waals surface area contributed by atoms with Crippen LogP contribution >= 0.6 is 0 Å². The third-order valence-electron chi connectivity index (χ3n) is 6.48. The van der Waals surface area contributed by atoms with Crippen molar-refractivity contribution in [2.24, 2.45) is 0 Å². The summed E-state index contributed by atoms with van der Waals surface area (Å²) in [6.07, 6.45) is 0.811. The number of aryl methyl sites for hydroxylation is 2. The molecule has 7 heteroatoms. The van der Waals surface area contributed by atoms with Gasteiger partial charge >= 0.3 is 0 Å². The minimum absolute atomic E-state index is 0.0935. The fourth-order valence-corrected chi connectivity index (χ4v) is 6.37. The fourth-order valence-electron chi connectivity index (χ4n) is 4.91. The monoisotopic (exact) mass is 442 g/mol. The van der Waals surface area contributed by atoms with Crippen LogP contribution in [-0.2, 0) is 27.7 Å². The van der Waals surface area contributed by atoms with E-state index < -0.39 is 10.0 Å². The van der Waals surface area contributed by atoms with Crippen LogP contribution < -0.4 is 4.90 Å². The molecule has 1 fully saturated rings. The van der Waals surface area contributed by atoms with Gasteiger partial charge in [0.15, 0.2) is 5.78 Å². The van der Waals surface area contributed by atoms with Crippen molar-refractivity contribution in [3.63, 3.8) is 0 Å². The van der Waals surface area contributed by atoms with Crippen molar-refractivity contribution in [2.75, 3.05) is 37.7 Å². The number of sulfonamides is 1. The van der Waals surface area contributed by atoms with Crippen molar-refractivity contribution in [1.82, 2.24) is 4.31 Å². The summed E-state index contributed by atoms with van der Waals surface area (Å²) in [7, 11) is -3.50. The zero-order valence-corrected chi connectivity index (χ0v) is 19.5. The van der Waals surface area contributed by atoms with Crippen molar-refractivity contribution < 1.29 is 17.9 Å². The van der Waals surface area contributed by atoms with Gasteiger partial charge < -0.3 is 9.64 Å². The van der Waals surface area contributed by atoms with E-state index in [0.29, 0.717) is 37.7 Å². The molecule has 0 unspecified atom stereocenters. The molecule has 6 nitrogen and oxygen atoms in total. The second-order valence-electron chi connectivity index (χ2n) is 8.52. The van der Waals surface area contributed by atoms with Gasteiger partial charge in [-0.1, -0.05) is 6.07 Å². The number of benzene rings is 2. The molecule has 0 aliphatic carbocycles. The smallest absolute Gasteiger partial charge is 0.243 e. The summed E-state index contributed by atoms with van der Waals surface area (Å²) in [5.41, 5.74) is 7.37. The molecular weight excluding hydrogens is 412 g/mol. The average molecular weight is 443 g/mol. The second kappa shape index (κ2) is 8.37. The maximum atomic E-state index is 13.0. The molecule has 2 aliphatic heterocycles. The third-order valence-corrected chi connectivity index (χ3v) is 8.38. The minimum atomic E-state index is -3.50. The number of ether oxygens (including phenoxy) is 1. The molecule has 2 aromatic carbocycles. The van der Waals surface area contributed by atoms with E-state index in [2.05, 4.69) is 17.9 Å². The van der Waals surface area contributed by atoms with Crippen molar-refractivity contribution in [1.29, 1.82) is 0 Å². The van der Waals surface area contributed by atoms with E-state index in [9.17, 15) is 13.2 Å². The van der Waals surface area contributed by atoms with Crippen LogP contribution in [0.3, 0.4) is 0 Å². The van der Waals surface area contributed by atoms with Crippen LogP contribution in [0.1, 0.15) is 45.1 Å². The van der Waals surface area contributed by atoms with E-state index in [-0.39, 0.29) is 5.78 Å². The first-order valence-electron chi connectivity index (χ1n) is 10.8. The maximum absolute atomic E-state index is 13.0. The molecule has 2 aliphatic rings. The van der Waals surface area contributed by atoms with E-state index in [1.54, 1.807) is 13.0 Å². The Labute approximate surface area is 184 Å². The van der Waals surface area contributed by atoms with Gasteiger partial charge in [-0.2, -0.15) is 4.31 Å². The average Bonchev–Trinajstić information content (AvgIpc) is 3.13. The number of hydrogen-bond acceptors (Lipinski definition) is 5. The van der Waals surface area contributed by atoms with Gasteiger partial charge in [0.05, 0.1) is 18.1 Å². The van der Waals surface area contributed by atoms with Crippen molar-refractivity contribution >= 4 is 21.5 Å². The van der Waals surface area contributed by atoms with E-state index in [0.717, 1.165) is 40.9 Å². The number of hydrogen-bond donors (Lipinski definition) is 0. The standard InChI is InChI=1S/C24H30N2O4S/c1-16-13-17(2)24(19(4)27)18(3)22(16)15-25-8-7-20-14-21(5-6-23(20)25)31(28,29)26-9-11-30-12-10-26/h5-6,13-14H,7-12,15H2,1-4H3. The van der Waals surface area contributed by atoms with Crippen LogP contribution in [-0.4, -0.2) is 51.4 Å². The molecule has 0 bridgehead atoms. The van der Waals surface area contributed by atoms with E-state index >= 15 is 0 Å². The van der Waals surface area contributed by atoms with Gasteiger partial charge in [-0.3, -0.25) is 4.79 Å². The summed E-state index contributed by atoms with van der Waals surface area (Å²) in [6.45, 7) is 10.9. The minimum Gasteiger partial charge on any atom is -0.379 e. The topological polar surface area (TPSA) is 66.9 Å². The highest BCUT2D eigenvalue weighted by atomic mass is 32.2. The molecule has 166 valence electrons. The molecule has 0 aromatic heterocycles. The van der Waals surface area contributed by atoms with Crippen LogP contribution in [0.25, 0.3) is 0 Å². The number of carbonyl (C=O) groups is 1. The maximum Gasteiger partial charge on any atom is 0.243 e. The van der Waals surface area contributed by atoms with Gasteiger partial charge in [0.1, 0.15) is 0 Å². The molecular formula is C24H30N2O4S. The Morgan fingerprint density at radius 3 is 2.42 bits per heavy atom. The van der Waals surface area contributed by atoms with Gasteiger partial charge in [0.2, 0.25) is 10.0 Å². The first-order chi connectivity index (χ1) is 14.7. The molecule has 31 heavy (non-hydrogen) atoms. The normalized spacial score (nSPS) is 17.1. The first kappa shape index (κ1) is 22.0. The lowest BCUT2D eigenvalue weighted by atomic mass is 9.91. The van der Waals surface area contributed by atoms with Crippen molar-refractivity contribution in [3.05, 3.63) is 57.6 Å². The van der Waals surface area contributed by atoms with Crippen LogP contribution in [0, 0.1) is 20.8 Å². The SMILES string of the molecule is CC(=O)c1c(C)cc(C)c(CN2CCc3cc(S(=O)(=O)N4CCOCC4)ccc32)c1C. The number of nitrogens with zero attached hydrogens (tertiary/aromatic N) is 2. The molecule has 0 spiro atoms. The zero-order chi connectivity index (χ0) is 22.3. The highest BCUT2D eigenvalue weighted by Gasteiger charge is 2.29. The number of fused-ring (bicyclic) bond motifs is 1. The van der Waals surface area contributed by atoms with E-state index in [1.165, 1.54) is 15.4 Å². The predicted molar refractivity (Wildman–Crippen MR) is 121 cm³/mol. The lowest BCUT2D eigenvalue weighted by molar-refractivity contribution is 0.0730. The quantitative estimate of drug-likeness (QED) is 0.664. The van der Waals surface area contributed by atoms with Gasteiger partial charge in [0, 0.05) is 37.4 Å². The molecule has 0 atom stereocenters. The third kappa shape index (κ3) is 4.02. The van der Waals surface area contributed by atoms with Crippen LogP contribution in [0.5, 0.6) is 0 Å². The van der Waals surface area contributed by atoms with Crippen molar-refractivity contribution in [2.45, 2.75) is 45.6 Å². The number of carbonyl (C=O) groups excluding carboxylic acids is 1. The largest absolute Gasteiger partial charge is 0.379 e. The van der Waals surface area contributed by atoms with Crippen molar-refractivity contribution in [3.8, 4) is 0 Å². The number of ketones is 1. The Hall–Kier alpha value is -2.22. The highest BCUT2D eigenvalue weighted by Crippen LogP contribution is 2.34. The highest BCUT2D eigenvalue weighted by molar-refractivity contribution is 7.89. The van der Waals surface area contributed by atoms with Gasteiger partial charge in [0.25, 0.3) is 0 Å². The van der Waals surface area contributed by atoms with E-state index in [4.69, 9.17) is 4.74 Å². The fraction of sp³-hybridized carbons (Fsp3) is 0.458.